The Morgan fingerprint density at radius 3 is 2.88 bits per heavy atom. The number of carboxylic acid groups (broad SMARTS) is 1. The second kappa shape index (κ2) is 4.54. The summed E-state index contributed by atoms with van der Waals surface area (Å²) in [7, 11) is 1.78. The van der Waals surface area contributed by atoms with Crippen LogP contribution in [0.2, 0.25) is 0 Å². The number of hydrogen-bond acceptors (Lipinski definition) is 4. The molecular weight excluding hydrogens is 245 g/mol. The fourth-order valence-electron chi connectivity index (χ4n) is 1.20. The van der Waals surface area contributed by atoms with E-state index in [4.69, 9.17) is 5.11 Å². The van der Waals surface area contributed by atoms with E-state index in [2.05, 4.69) is 9.97 Å². The fourth-order valence-corrected chi connectivity index (χ4v) is 2.05. The van der Waals surface area contributed by atoms with Crippen LogP contribution in [-0.2, 0) is 7.05 Å². The third-order valence-corrected chi connectivity index (χ3v) is 3.11. The van der Waals surface area contributed by atoms with Gasteiger partial charge in [0.1, 0.15) is 10.8 Å². The lowest BCUT2D eigenvalue weighted by Crippen LogP contribution is -2.02. The lowest BCUT2D eigenvalue weighted by molar-refractivity contribution is 0.0691. The smallest absolute Gasteiger partial charge is 0.338 e. The zero-order valence-corrected chi connectivity index (χ0v) is 9.61. The van der Waals surface area contributed by atoms with E-state index in [1.165, 1.54) is 0 Å². The van der Waals surface area contributed by atoms with E-state index in [9.17, 15) is 9.18 Å². The van der Waals surface area contributed by atoms with E-state index in [0.717, 1.165) is 24.0 Å². The van der Waals surface area contributed by atoms with Crippen LogP contribution in [0.15, 0.2) is 34.8 Å². The molecule has 5 nitrogen and oxygen atoms in total. The maximum Gasteiger partial charge on any atom is 0.338 e. The number of aromatic carboxylic acids is 1. The van der Waals surface area contributed by atoms with Crippen molar-refractivity contribution in [2.45, 2.75) is 10.2 Å². The van der Waals surface area contributed by atoms with Gasteiger partial charge in [0.05, 0.1) is 11.8 Å². The van der Waals surface area contributed by atoms with Gasteiger partial charge in [-0.2, -0.15) is 0 Å². The molecule has 0 aliphatic heterocycles. The molecule has 1 N–H and O–H groups in total. The van der Waals surface area contributed by atoms with Gasteiger partial charge in [-0.25, -0.2) is 19.2 Å². The van der Waals surface area contributed by atoms with Crippen molar-refractivity contribution in [3.63, 3.8) is 0 Å². The van der Waals surface area contributed by atoms with Gasteiger partial charge in [-0.1, -0.05) is 0 Å². The summed E-state index contributed by atoms with van der Waals surface area (Å²) in [5.41, 5.74) is -0.169. The van der Waals surface area contributed by atoms with Crippen LogP contribution in [0, 0.1) is 5.82 Å². The van der Waals surface area contributed by atoms with Crippen LogP contribution in [0.3, 0.4) is 0 Å². The molecule has 0 atom stereocenters. The first-order valence-corrected chi connectivity index (χ1v) is 5.43. The molecule has 2 rings (SSSR count). The van der Waals surface area contributed by atoms with Crippen LogP contribution in [0.1, 0.15) is 10.4 Å². The summed E-state index contributed by atoms with van der Waals surface area (Å²) in [6.45, 7) is 0. The van der Waals surface area contributed by atoms with Crippen molar-refractivity contribution in [2.24, 2.45) is 7.05 Å². The SMILES string of the molecule is Cn1ccnc1Sc1ncc(F)cc1C(=O)O. The van der Waals surface area contributed by atoms with Crippen LogP contribution < -0.4 is 0 Å². The average Bonchev–Trinajstić information content (AvgIpc) is 2.67. The fraction of sp³-hybridized carbons (Fsp3) is 0.100. The third-order valence-electron chi connectivity index (χ3n) is 2.01. The van der Waals surface area contributed by atoms with Gasteiger partial charge in [-0.15, -0.1) is 0 Å². The van der Waals surface area contributed by atoms with Crippen molar-refractivity contribution in [2.75, 3.05) is 0 Å². The van der Waals surface area contributed by atoms with E-state index in [-0.39, 0.29) is 10.6 Å². The van der Waals surface area contributed by atoms with E-state index in [1.54, 1.807) is 24.0 Å². The van der Waals surface area contributed by atoms with Gasteiger partial charge in [-0.05, 0) is 17.8 Å². The Bertz CT molecular complexity index is 570. The second-order valence-corrected chi connectivity index (χ2v) is 4.19. The Hall–Kier alpha value is -1.89. The van der Waals surface area contributed by atoms with Crippen LogP contribution in [-0.4, -0.2) is 25.6 Å². The number of hydrogen-bond donors (Lipinski definition) is 1. The molecule has 88 valence electrons. The van der Waals surface area contributed by atoms with Crippen LogP contribution >= 0.6 is 11.8 Å². The Morgan fingerprint density at radius 2 is 2.29 bits per heavy atom. The van der Waals surface area contributed by atoms with Crippen LogP contribution in [0.5, 0.6) is 0 Å². The van der Waals surface area contributed by atoms with Crippen molar-refractivity contribution in [3.8, 4) is 0 Å². The number of halogens is 1. The van der Waals surface area contributed by atoms with Gasteiger partial charge < -0.3 is 9.67 Å². The summed E-state index contributed by atoms with van der Waals surface area (Å²) in [6.07, 6.45) is 4.30. The second-order valence-electron chi connectivity index (χ2n) is 3.23. The van der Waals surface area contributed by atoms with Crippen molar-refractivity contribution in [3.05, 3.63) is 36.0 Å². The first-order chi connectivity index (χ1) is 8.08. The summed E-state index contributed by atoms with van der Waals surface area (Å²) >= 11 is 1.08. The quantitative estimate of drug-likeness (QED) is 0.903. The zero-order chi connectivity index (χ0) is 12.4. The maximum absolute atomic E-state index is 12.9. The average molecular weight is 253 g/mol. The van der Waals surface area contributed by atoms with Crippen LogP contribution in [0.4, 0.5) is 4.39 Å². The molecule has 0 aliphatic carbocycles. The molecule has 7 heteroatoms. The highest BCUT2D eigenvalue weighted by Crippen LogP contribution is 2.27. The molecular formula is C10H8FN3O2S. The molecule has 0 aliphatic rings. The molecule has 0 aromatic carbocycles. The van der Waals surface area contributed by atoms with Gasteiger partial charge in [0, 0.05) is 19.4 Å². The Kier molecular flexibility index (Phi) is 3.10. The van der Waals surface area contributed by atoms with Crippen molar-refractivity contribution < 1.29 is 14.3 Å². The van der Waals surface area contributed by atoms with E-state index < -0.39 is 11.8 Å². The highest BCUT2D eigenvalue weighted by molar-refractivity contribution is 7.99. The molecule has 2 heterocycles. The lowest BCUT2D eigenvalue weighted by Gasteiger charge is -2.04. The van der Waals surface area contributed by atoms with Gasteiger partial charge in [0.15, 0.2) is 5.16 Å². The normalized spacial score (nSPS) is 10.5. The van der Waals surface area contributed by atoms with E-state index in [1.807, 2.05) is 0 Å². The third kappa shape index (κ3) is 2.44. The maximum atomic E-state index is 12.9. The number of carboxylic acids is 1. The molecule has 0 saturated carbocycles. The van der Waals surface area contributed by atoms with Crippen molar-refractivity contribution in [1.29, 1.82) is 0 Å². The van der Waals surface area contributed by atoms with E-state index >= 15 is 0 Å². The topological polar surface area (TPSA) is 68.0 Å². The van der Waals surface area contributed by atoms with Crippen molar-refractivity contribution in [1.82, 2.24) is 14.5 Å². The predicted octanol–water partition coefficient (Wildman–Crippen LogP) is 1.80. The standard InChI is InChI=1S/C10H8FN3O2S/c1-14-3-2-12-10(14)17-8-7(9(15)16)4-6(11)5-13-8/h2-5H,1H3,(H,15,16). The lowest BCUT2D eigenvalue weighted by atomic mass is 10.3. The molecule has 0 fully saturated rings. The first-order valence-electron chi connectivity index (χ1n) is 4.62. The highest BCUT2D eigenvalue weighted by atomic mass is 32.2. The van der Waals surface area contributed by atoms with Crippen LogP contribution in [0.25, 0.3) is 0 Å². The van der Waals surface area contributed by atoms with Gasteiger partial charge in [0.2, 0.25) is 0 Å². The number of aryl methyl sites for hydroxylation is 1. The molecule has 0 unspecified atom stereocenters. The Morgan fingerprint density at radius 1 is 1.53 bits per heavy atom. The summed E-state index contributed by atoms with van der Waals surface area (Å²) in [4.78, 5) is 18.7. The number of rotatable bonds is 3. The van der Waals surface area contributed by atoms with E-state index in [0.29, 0.717) is 5.16 Å². The monoisotopic (exact) mass is 253 g/mol. The molecule has 0 radical (unpaired) electrons. The Balaban J connectivity index is 2.39. The summed E-state index contributed by atoms with van der Waals surface area (Å²) < 4.78 is 14.6. The molecule has 0 saturated heterocycles. The highest BCUT2D eigenvalue weighted by Gasteiger charge is 2.15. The number of carbonyl (C=O) groups is 1. The number of nitrogens with zero attached hydrogens (tertiary/aromatic N) is 3. The molecule has 0 amide bonds. The minimum atomic E-state index is -1.21. The van der Waals surface area contributed by atoms with Crippen molar-refractivity contribution >= 4 is 17.7 Å². The number of pyridine rings is 1. The molecule has 2 aromatic rings. The summed E-state index contributed by atoms with van der Waals surface area (Å²) in [6, 6.07) is 0.945. The predicted molar refractivity (Wildman–Crippen MR) is 58.5 cm³/mol. The number of aromatic nitrogens is 3. The summed E-state index contributed by atoms with van der Waals surface area (Å²) in [5, 5.41) is 9.75. The summed E-state index contributed by atoms with van der Waals surface area (Å²) in [5.74, 6) is -1.89. The molecule has 17 heavy (non-hydrogen) atoms. The van der Waals surface area contributed by atoms with Gasteiger partial charge >= 0.3 is 5.97 Å². The molecule has 0 spiro atoms. The number of imidazole rings is 1. The first kappa shape index (κ1) is 11.6. The zero-order valence-electron chi connectivity index (χ0n) is 8.79. The van der Waals surface area contributed by atoms with Gasteiger partial charge in [-0.3, -0.25) is 0 Å². The molecule has 0 bridgehead atoms. The minimum absolute atomic E-state index is 0.169. The molecule has 2 aromatic heterocycles. The van der Waals surface area contributed by atoms with Gasteiger partial charge in [0.25, 0.3) is 0 Å². The minimum Gasteiger partial charge on any atom is -0.478 e. The Labute approximate surface area is 100 Å². The largest absolute Gasteiger partial charge is 0.478 e.